The Kier molecular flexibility index (Phi) is 5.83. The molecule has 1 atom stereocenters. The minimum absolute atomic E-state index is 0.563. The van der Waals surface area contributed by atoms with Gasteiger partial charge in [-0.05, 0) is 31.9 Å². The first-order valence-electron chi connectivity index (χ1n) is 8.72. The van der Waals surface area contributed by atoms with Gasteiger partial charge in [0.25, 0.3) is 0 Å². The first kappa shape index (κ1) is 16.2. The van der Waals surface area contributed by atoms with E-state index in [1.165, 1.54) is 30.8 Å². The highest BCUT2D eigenvalue weighted by atomic mass is 16.5. The Morgan fingerprint density at radius 2 is 2.13 bits per heavy atom. The van der Waals surface area contributed by atoms with Gasteiger partial charge in [0.2, 0.25) is 0 Å². The van der Waals surface area contributed by atoms with Crippen molar-refractivity contribution in [2.75, 3.05) is 26.2 Å². The Balaban J connectivity index is 1.44. The van der Waals surface area contributed by atoms with Crippen molar-refractivity contribution in [2.45, 2.75) is 38.8 Å². The molecule has 1 saturated heterocycles. The normalized spacial score (nSPS) is 19.1. The summed E-state index contributed by atoms with van der Waals surface area (Å²) in [6, 6.07) is 10.4. The third-order valence-corrected chi connectivity index (χ3v) is 4.62. The molecular weight excluding hydrogens is 286 g/mol. The number of aryl methyl sites for hydroxylation is 1. The van der Waals surface area contributed by atoms with E-state index in [-0.39, 0.29) is 0 Å². The first-order chi connectivity index (χ1) is 11.4. The molecule has 0 bridgehead atoms. The number of imidazole rings is 1. The van der Waals surface area contributed by atoms with Crippen LogP contribution in [-0.2, 0) is 17.9 Å². The van der Waals surface area contributed by atoms with Gasteiger partial charge >= 0.3 is 0 Å². The van der Waals surface area contributed by atoms with E-state index in [9.17, 15) is 0 Å². The molecule has 4 heteroatoms. The molecule has 0 amide bonds. The van der Waals surface area contributed by atoms with Crippen LogP contribution in [0.4, 0.5) is 0 Å². The molecule has 0 saturated carbocycles. The van der Waals surface area contributed by atoms with Crippen molar-refractivity contribution >= 4 is 0 Å². The maximum atomic E-state index is 5.83. The van der Waals surface area contributed by atoms with Crippen LogP contribution in [0.5, 0.6) is 0 Å². The van der Waals surface area contributed by atoms with E-state index >= 15 is 0 Å². The fraction of sp³-hybridized carbons (Fsp3) is 0.526. The van der Waals surface area contributed by atoms with E-state index < -0.39 is 0 Å². The minimum Gasteiger partial charge on any atom is -0.375 e. The van der Waals surface area contributed by atoms with E-state index in [0.717, 1.165) is 26.2 Å². The number of benzene rings is 1. The Morgan fingerprint density at radius 1 is 1.26 bits per heavy atom. The molecule has 1 aromatic heterocycles. The number of likely N-dealkylation sites (tertiary alicyclic amines) is 1. The fourth-order valence-corrected chi connectivity index (χ4v) is 3.38. The smallest absolute Gasteiger partial charge is 0.113 e. The second-order valence-corrected chi connectivity index (χ2v) is 6.25. The molecule has 1 aliphatic heterocycles. The molecule has 0 radical (unpaired) electrons. The molecule has 3 rings (SSSR count). The predicted molar refractivity (Wildman–Crippen MR) is 92.4 cm³/mol. The zero-order valence-corrected chi connectivity index (χ0v) is 14.0. The van der Waals surface area contributed by atoms with Crippen LogP contribution < -0.4 is 0 Å². The second kappa shape index (κ2) is 8.27. The van der Waals surface area contributed by atoms with Gasteiger partial charge in [-0.15, -0.1) is 0 Å². The van der Waals surface area contributed by atoms with E-state index in [1.54, 1.807) is 0 Å². The first-order valence-corrected chi connectivity index (χ1v) is 8.72. The molecular formula is C19H27N3O. The van der Waals surface area contributed by atoms with Crippen LogP contribution in [0.2, 0.25) is 0 Å². The summed E-state index contributed by atoms with van der Waals surface area (Å²) in [4.78, 5) is 7.11. The third kappa shape index (κ3) is 4.43. The van der Waals surface area contributed by atoms with Gasteiger partial charge in [-0.2, -0.15) is 0 Å². The monoisotopic (exact) mass is 313 g/mol. The number of piperidine rings is 1. The molecule has 2 heterocycles. The van der Waals surface area contributed by atoms with Gasteiger partial charge in [-0.25, -0.2) is 4.98 Å². The molecule has 0 spiro atoms. The molecule has 1 aromatic carbocycles. The highest BCUT2D eigenvalue weighted by Gasteiger charge is 2.24. The summed E-state index contributed by atoms with van der Waals surface area (Å²) >= 11 is 0. The Bertz CT molecular complexity index is 581. The maximum Gasteiger partial charge on any atom is 0.113 e. The lowest BCUT2D eigenvalue weighted by Crippen LogP contribution is -2.37. The number of aromatic nitrogens is 2. The van der Waals surface area contributed by atoms with Gasteiger partial charge in [-0.1, -0.05) is 30.3 Å². The van der Waals surface area contributed by atoms with E-state index in [1.807, 2.05) is 12.3 Å². The van der Waals surface area contributed by atoms with Crippen LogP contribution in [0.3, 0.4) is 0 Å². The fourth-order valence-electron chi connectivity index (χ4n) is 3.38. The predicted octanol–water partition coefficient (Wildman–Crippen LogP) is 3.30. The van der Waals surface area contributed by atoms with Gasteiger partial charge in [0.05, 0.1) is 13.2 Å². The number of ether oxygens (including phenoxy) is 1. The summed E-state index contributed by atoms with van der Waals surface area (Å²) in [5.41, 5.74) is 1.24. The SMILES string of the molecule is CCn1ccnc1[C@H]1CCCN(CCOCc2ccccc2)C1. The molecule has 0 N–H and O–H groups in total. The number of nitrogens with zero attached hydrogens (tertiary/aromatic N) is 3. The molecule has 2 aromatic rings. The van der Waals surface area contributed by atoms with Gasteiger partial charge in [-0.3, -0.25) is 0 Å². The number of hydrogen-bond donors (Lipinski definition) is 0. The van der Waals surface area contributed by atoms with Gasteiger partial charge < -0.3 is 14.2 Å². The maximum absolute atomic E-state index is 5.83. The molecule has 124 valence electrons. The largest absolute Gasteiger partial charge is 0.375 e. The standard InChI is InChI=1S/C19H27N3O/c1-2-22-12-10-20-19(22)18-9-6-11-21(15-18)13-14-23-16-17-7-4-3-5-8-17/h3-5,7-8,10,12,18H,2,6,9,11,13-16H2,1H3/t18-/m0/s1. The van der Waals surface area contributed by atoms with Crippen LogP contribution in [0, 0.1) is 0 Å². The highest BCUT2D eigenvalue weighted by Crippen LogP contribution is 2.25. The van der Waals surface area contributed by atoms with Crippen molar-refractivity contribution in [3.8, 4) is 0 Å². The number of rotatable bonds is 7. The number of hydrogen-bond acceptors (Lipinski definition) is 3. The highest BCUT2D eigenvalue weighted by molar-refractivity contribution is 5.13. The summed E-state index contributed by atoms with van der Waals surface area (Å²) in [6.45, 7) is 7.98. The van der Waals surface area contributed by atoms with Crippen LogP contribution in [0.1, 0.15) is 37.1 Å². The second-order valence-electron chi connectivity index (χ2n) is 6.25. The van der Waals surface area contributed by atoms with E-state index in [2.05, 4.69) is 51.8 Å². The molecule has 0 unspecified atom stereocenters. The van der Waals surface area contributed by atoms with Crippen LogP contribution in [0.15, 0.2) is 42.7 Å². The van der Waals surface area contributed by atoms with Crippen molar-refractivity contribution in [3.63, 3.8) is 0 Å². The summed E-state index contributed by atoms with van der Waals surface area (Å²) in [5.74, 6) is 1.82. The average Bonchev–Trinajstić information content (AvgIpc) is 3.09. The average molecular weight is 313 g/mol. The third-order valence-electron chi connectivity index (χ3n) is 4.62. The summed E-state index contributed by atoms with van der Waals surface area (Å²) in [5, 5.41) is 0. The van der Waals surface area contributed by atoms with Crippen molar-refractivity contribution in [1.82, 2.24) is 14.5 Å². The van der Waals surface area contributed by atoms with Gasteiger partial charge in [0, 0.05) is 37.9 Å². The Labute approximate surface area is 139 Å². The Morgan fingerprint density at radius 3 is 2.96 bits per heavy atom. The quantitative estimate of drug-likeness (QED) is 0.735. The van der Waals surface area contributed by atoms with Crippen LogP contribution in [-0.4, -0.2) is 40.7 Å². The zero-order valence-electron chi connectivity index (χ0n) is 14.0. The van der Waals surface area contributed by atoms with Crippen molar-refractivity contribution in [1.29, 1.82) is 0 Å². The lowest BCUT2D eigenvalue weighted by Gasteiger charge is -2.32. The van der Waals surface area contributed by atoms with Crippen molar-refractivity contribution < 1.29 is 4.74 Å². The lowest BCUT2D eigenvalue weighted by molar-refractivity contribution is 0.0821. The lowest BCUT2D eigenvalue weighted by atomic mass is 9.97. The molecule has 1 fully saturated rings. The molecule has 23 heavy (non-hydrogen) atoms. The molecule has 4 nitrogen and oxygen atoms in total. The van der Waals surface area contributed by atoms with Crippen molar-refractivity contribution in [2.24, 2.45) is 0 Å². The van der Waals surface area contributed by atoms with Crippen LogP contribution >= 0.6 is 0 Å². The molecule has 1 aliphatic rings. The van der Waals surface area contributed by atoms with E-state index in [0.29, 0.717) is 12.5 Å². The summed E-state index contributed by atoms with van der Waals surface area (Å²) < 4.78 is 8.11. The van der Waals surface area contributed by atoms with E-state index in [4.69, 9.17) is 4.74 Å². The topological polar surface area (TPSA) is 30.3 Å². The summed E-state index contributed by atoms with van der Waals surface area (Å²) in [6.07, 6.45) is 6.52. The Hall–Kier alpha value is -1.65. The van der Waals surface area contributed by atoms with Gasteiger partial charge in [0.1, 0.15) is 5.82 Å². The minimum atomic E-state index is 0.563. The van der Waals surface area contributed by atoms with Crippen LogP contribution in [0.25, 0.3) is 0 Å². The molecule has 0 aliphatic carbocycles. The van der Waals surface area contributed by atoms with Gasteiger partial charge in [0.15, 0.2) is 0 Å². The van der Waals surface area contributed by atoms with Crippen molar-refractivity contribution in [3.05, 3.63) is 54.1 Å². The summed E-state index contributed by atoms with van der Waals surface area (Å²) in [7, 11) is 0. The zero-order chi connectivity index (χ0) is 15.9.